The second kappa shape index (κ2) is 9.65. The number of rotatable bonds is 5. The van der Waals surface area contributed by atoms with Gasteiger partial charge in [-0.15, -0.1) is 0 Å². The molecule has 0 radical (unpaired) electrons. The number of aromatic nitrogens is 1. The van der Waals surface area contributed by atoms with E-state index in [1.165, 1.54) is 16.8 Å². The van der Waals surface area contributed by atoms with Crippen LogP contribution in [0.2, 0.25) is 0 Å². The summed E-state index contributed by atoms with van der Waals surface area (Å²) < 4.78 is 5.80. The summed E-state index contributed by atoms with van der Waals surface area (Å²) in [6.07, 6.45) is 6.48. The van der Waals surface area contributed by atoms with Gasteiger partial charge >= 0.3 is 0 Å². The SMILES string of the molecule is Cc1ccc(Oc2ccc(NC(=O)c3cccc(N4NC(=O)C5CC=CCC5C4=O)c3)cn2)cc1C. The molecule has 1 aliphatic heterocycles. The summed E-state index contributed by atoms with van der Waals surface area (Å²) in [5, 5.41) is 4.05. The number of carbonyl (C=O) groups excluding carboxylic acids is 3. The van der Waals surface area contributed by atoms with Gasteiger partial charge in [0.1, 0.15) is 5.75 Å². The van der Waals surface area contributed by atoms with E-state index in [4.69, 9.17) is 4.74 Å². The molecule has 182 valence electrons. The largest absolute Gasteiger partial charge is 0.439 e. The summed E-state index contributed by atoms with van der Waals surface area (Å²) in [4.78, 5) is 42.8. The zero-order valence-electron chi connectivity index (χ0n) is 20.0. The molecule has 1 aromatic heterocycles. The van der Waals surface area contributed by atoms with Crippen molar-refractivity contribution in [3.63, 3.8) is 0 Å². The Hall–Kier alpha value is -4.46. The van der Waals surface area contributed by atoms with E-state index in [1.54, 1.807) is 36.4 Å². The standard InChI is InChI=1S/C28H26N4O4/c1-17-10-12-22(14-18(17)2)36-25-13-11-20(16-29-25)30-26(33)19-6-5-7-21(15-19)32-28(35)24-9-4-3-8-23(24)27(34)31-32/h3-7,10-16,23-24H,8-9H2,1-2H3,(H,30,33)(H,31,34). The molecular weight excluding hydrogens is 456 g/mol. The van der Waals surface area contributed by atoms with E-state index in [-0.39, 0.29) is 23.6 Å². The normalized spacial score (nSPS) is 18.9. The van der Waals surface area contributed by atoms with Crippen molar-refractivity contribution in [3.05, 3.63) is 89.6 Å². The fourth-order valence-corrected chi connectivity index (χ4v) is 4.38. The van der Waals surface area contributed by atoms with E-state index in [9.17, 15) is 14.4 Å². The van der Waals surface area contributed by atoms with Crippen LogP contribution in [0.3, 0.4) is 0 Å². The van der Waals surface area contributed by atoms with Gasteiger partial charge in [-0.3, -0.25) is 19.8 Å². The smallest absolute Gasteiger partial charge is 0.255 e. The molecule has 0 saturated carbocycles. The quantitative estimate of drug-likeness (QED) is 0.514. The first-order chi connectivity index (χ1) is 17.4. The Morgan fingerprint density at radius 3 is 2.56 bits per heavy atom. The van der Waals surface area contributed by atoms with Crippen molar-refractivity contribution >= 4 is 29.1 Å². The Bertz CT molecular complexity index is 1370. The molecule has 0 bridgehead atoms. The zero-order valence-corrected chi connectivity index (χ0v) is 20.0. The maximum absolute atomic E-state index is 13.0. The Morgan fingerprint density at radius 1 is 1.00 bits per heavy atom. The first-order valence-corrected chi connectivity index (χ1v) is 11.8. The number of hydrogen-bond acceptors (Lipinski definition) is 5. The lowest BCUT2D eigenvalue weighted by Crippen LogP contribution is -2.59. The van der Waals surface area contributed by atoms with Crippen LogP contribution in [-0.4, -0.2) is 22.7 Å². The summed E-state index contributed by atoms with van der Waals surface area (Å²) in [6, 6.07) is 15.8. The minimum absolute atomic E-state index is 0.176. The van der Waals surface area contributed by atoms with Crippen molar-refractivity contribution in [2.45, 2.75) is 26.7 Å². The number of ether oxygens (including phenoxy) is 1. The second-order valence-electron chi connectivity index (χ2n) is 9.04. The summed E-state index contributed by atoms with van der Waals surface area (Å²) in [5.74, 6) is -0.368. The van der Waals surface area contributed by atoms with Gasteiger partial charge in [-0.25, -0.2) is 9.99 Å². The van der Waals surface area contributed by atoms with Crippen molar-refractivity contribution in [2.24, 2.45) is 11.8 Å². The summed E-state index contributed by atoms with van der Waals surface area (Å²) >= 11 is 0. The molecule has 2 unspecified atom stereocenters. The highest BCUT2D eigenvalue weighted by Crippen LogP contribution is 2.32. The molecule has 2 heterocycles. The number of nitrogens with one attached hydrogen (secondary N) is 2. The molecule has 8 heteroatoms. The molecular formula is C28H26N4O4. The number of anilines is 2. The van der Waals surface area contributed by atoms with Crippen LogP contribution >= 0.6 is 0 Å². The zero-order chi connectivity index (χ0) is 25.2. The molecule has 1 fully saturated rings. The van der Waals surface area contributed by atoms with Gasteiger partial charge in [0, 0.05) is 11.6 Å². The average Bonchev–Trinajstić information content (AvgIpc) is 2.89. The lowest BCUT2D eigenvalue weighted by atomic mass is 9.80. The molecule has 1 saturated heterocycles. The van der Waals surface area contributed by atoms with E-state index >= 15 is 0 Å². The van der Waals surface area contributed by atoms with Crippen LogP contribution in [0.5, 0.6) is 11.6 Å². The van der Waals surface area contributed by atoms with Gasteiger partial charge in [0.15, 0.2) is 0 Å². The van der Waals surface area contributed by atoms with E-state index in [1.807, 2.05) is 44.2 Å². The minimum Gasteiger partial charge on any atom is -0.439 e. The van der Waals surface area contributed by atoms with Crippen LogP contribution in [0.15, 0.2) is 72.9 Å². The number of allylic oxidation sites excluding steroid dienone is 2. The van der Waals surface area contributed by atoms with Crippen molar-refractivity contribution in [3.8, 4) is 11.6 Å². The van der Waals surface area contributed by atoms with Crippen LogP contribution in [0.4, 0.5) is 11.4 Å². The lowest BCUT2D eigenvalue weighted by molar-refractivity contribution is -0.139. The van der Waals surface area contributed by atoms with Crippen LogP contribution in [0.25, 0.3) is 0 Å². The molecule has 2 atom stereocenters. The average molecular weight is 483 g/mol. The molecule has 2 aliphatic rings. The first kappa shape index (κ1) is 23.3. The Morgan fingerprint density at radius 2 is 1.81 bits per heavy atom. The summed E-state index contributed by atoms with van der Waals surface area (Å²) in [6.45, 7) is 4.05. The Labute approximate surface area is 209 Å². The fourth-order valence-electron chi connectivity index (χ4n) is 4.38. The predicted octanol–water partition coefficient (Wildman–Crippen LogP) is 4.70. The monoisotopic (exact) mass is 482 g/mol. The molecule has 36 heavy (non-hydrogen) atoms. The van der Waals surface area contributed by atoms with Gasteiger partial charge in [-0.05, 0) is 74.2 Å². The number of hydrazine groups is 1. The first-order valence-electron chi connectivity index (χ1n) is 11.8. The highest BCUT2D eigenvalue weighted by Gasteiger charge is 2.42. The third kappa shape index (κ3) is 4.70. The highest BCUT2D eigenvalue weighted by atomic mass is 16.5. The maximum Gasteiger partial charge on any atom is 0.255 e. The van der Waals surface area contributed by atoms with Gasteiger partial charge in [0.05, 0.1) is 29.4 Å². The number of aryl methyl sites for hydroxylation is 2. The highest BCUT2D eigenvalue weighted by molar-refractivity contribution is 6.07. The number of nitrogens with zero attached hydrogens (tertiary/aromatic N) is 2. The third-order valence-corrected chi connectivity index (χ3v) is 6.59. The lowest BCUT2D eigenvalue weighted by Gasteiger charge is -2.38. The van der Waals surface area contributed by atoms with E-state index in [0.717, 1.165) is 5.56 Å². The van der Waals surface area contributed by atoms with Gasteiger partial charge in [-0.2, -0.15) is 0 Å². The van der Waals surface area contributed by atoms with Crippen molar-refractivity contribution < 1.29 is 19.1 Å². The molecule has 5 rings (SSSR count). The van der Waals surface area contributed by atoms with Crippen molar-refractivity contribution in [1.82, 2.24) is 10.4 Å². The minimum atomic E-state index is -0.392. The molecule has 3 aromatic rings. The Kier molecular flexibility index (Phi) is 6.25. The van der Waals surface area contributed by atoms with Crippen LogP contribution < -0.4 is 20.5 Å². The number of carbonyl (C=O) groups is 3. The predicted molar refractivity (Wildman–Crippen MR) is 136 cm³/mol. The number of fused-ring (bicyclic) bond motifs is 1. The number of amides is 3. The van der Waals surface area contributed by atoms with Crippen molar-refractivity contribution in [2.75, 3.05) is 10.3 Å². The van der Waals surface area contributed by atoms with Gasteiger partial charge in [-0.1, -0.05) is 24.3 Å². The molecule has 2 N–H and O–H groups in total. The summed E-state index contributed by atoms with van der Waals surface area (Å²) in [7, 11) is 0. The summed E-state index contributed by atoms with van der Waals surface area (Å²) in [5.41, 5.74) is 6.27. The third-order valence-electron chi connectivity index (χ3n) is 6.59. The van der Waals surface area contributed by atoms with Gasteiger partial charge in [0.25, 0.3) is 5.91 Å². The molecule has 1 aliphatic carbocycles. The van der Waals surface area contributed by atoms with E-state index in [0.29, 0.717) is 41.4 Å². The van der Waals surface area contributed by atoms with Crippen LogP contribution in [0.1, 0.15) is 34.3 Å². The van der Waals surface area contributed by atoms with E-state index in [2.05, 4.69) is 15.7 Å². The number of benzene rings is 2. The molecule has 0 spiro atoms. The topological polar surface area (TPSA) is 101 Å². The van der Waals surface area contributed by atoms with Gasteiger partial charge in [0.2, 0.25) is 17.7 Å². The Balaban J connectivity index is 1.27. The van der Waals surface area contributed by atoms with Gasteiger partial charge < -0.3 is 10.1 Å². The molecule has 2 aromatic carbocycles. The fraction of sp³-hybridized carbons (Fsp3) is 0.214. The number of hydrogen-bond donors (Lipinski definition) is 2. The number of pyridine rings is 1. The molecule has 3 amide bonds. The second-order valence-corrected chi connectivity index (χ2v) is 9.04. The molecule has 8 nitrogen and oxygen atoms in total. The van der Waals surface area contributed by atoms with E-state index < -0.39 is 5.92 Å². The van der Waals surface area contributed by atoms with Crippen molar-refractivity contribution in [1.29, 1.82) is 0 Å². The van der Waals surface area contributed by atoms with Crippen LogP contribution in [0, 0.1) is 25.7 Å². The van der Waals surface area contributed by atoms with Crippen LogP contribution in [-0.2, 0) is 9.59 Å². The maximum atomic E-state index is 13.0.